The van der Waals surface area contributed by atoms with E-state index in [4.69, 9.17) is 0 Å². The van der Waals surface area contributed by atoms with Crippen LogP contribution in [-0.4, -0.2) is 11.9 Å². The monoisotopic (exact) mass is 236 g/mol. The smallest absolute Gasteiger partial charge is 0.246 e. The van der Waals surface area contributed by atoms with E-state index in [-0.39, 0.29) is 6.42 Å². The van der Waals surface area contributed by atoms with Gasteiger partial charge in [-0.15, -0.1) is 11.8 Å². The summed E-state index contributed by atoms with van der Waals surface area (Å²) >= 11 is 1.27. The van der Waals surface area contributed by atoms with Gasteiger partial charge in [0, 0.05) is 17.1 Å². The van der Waals surface area contributed by atoms with Crippen LogP contribution in [0, 0.1) is 0 Å². The molecule has 5 heteroatoms. The third kappa shape index (κ3) is 2.27. The van der Waals surface area contributed by atoms with E-state index in [1.807, 2.05) is 0 Å². The molecule has 0 spiro atoms. The van der Waals surface area contributed by atoms with Crippen molar-refractivity contribution in [2.75, 3.05) is 5.75 Å². The maximum Gasteiger partial charge on any atom is 0.416 e. The van der Waals surface area contributed by atoms with Crippen LogP contribution in [0.15, 0.2) is 23.1 Å². The fourth-order valence-electron chi connectivity index (χ4n) is 1.53. The first-order valence-electron chi connectivity index (χ1n) is 4.44. The van der Waals surface area contributed by atoms with E-state index in [1.54, 1.807) is 0 Å². The number of halogens is 4. The third-order valence-electron chi connectivity index (χ3n) is 2.25. The van der Waals surface area contributed by atoms with E-state index in [0.717, 1.165) is 17.0 Å². The number of alkyl halides is 4. The fourth-order valence-corrected chi connectivity index (χ4v) is 2.50. The third-order valence-corrected chi connectivity index (χ3v) is 3.49. The summed E-state index contributed by atoms with van der Waals surface area (Å²) in [6.45, 7) is 0. The molecular weight excluding hydrogens is 228 g/mol. The van der Waals surface area contributed by atoms with E-state index >= 15 is 0 Å². The summed E-state index contributed by atoms with van der Waals surface area (Å²) < 4.78 is 50.1. The minimum absolute atomic E-state index is 0.0895. The number of fused-ring (bicyclic) bond motifs is 1. The first-order chi connectivity index (χ1) is 6.97. The van der Waals surface area contributed by atoms with Crippen molar-refractivity contribution < 1.29 is 17.6 Å². The van der Waals surface area contributed by atoms with Crippen LogP contribution in [0.25, 0.3) is 0 Å². The van der Waals surface area contributed by atoms with Crippen LogP contribution >= 0.6 is 11.8 Å². The molecule has 1 aromatic rings. The summed E-state index contributed by atoms with van der Waals surface area (Å²) in [5, 5.41) is 0. The molecule has 1 atom stereocenters. The molecule has 1 aliphatic rings. The Bertz CT molecular complexity index is 372. The Hall–Kier alpha value is -0.710. The van der Waals surface area contributed by atoms with E-state index in [2.05, 4.69) is 0 Å². The molecule has 2 rings (SSSR count). The van der Waals surface area contributed by atoms with Crippen LogP contribution in [0.4, 0.5) is 17.6 Å². The van der Waals surface area contributed by atoms with E-state index in [0.29, 0.717) is 11.3 Å². The Kier molecular flexibility index (Phi) is 2.66. The Balaban J connectivity index is 2.37. The van der Waals surface area contributed by atoms with E-state index in [1.165, 1.54) is 17.8 Å². The summed E-state index contributed by atoms with van der Waals surface area (Å²) in [7, 11) is 0. The largest absolute Gasteiger partial charge is 0.416 e. The molecule has 1 heterocycles. The zero-order valence-electron chi connectivity index (χ0n) is 7.64. The van der Waals surface area contributed by atoms with Crippen LogP contribution in [-0.2, 0) is 12.6 Å². The van der Waals surface area contributed by atoms with Crippen molar-refractivity contribution >= 4 is 11.8 Å². The molecule has 0 saturated carbocycles. The van der Waals surface area contributed by atoms with Crippen molar-refractivity contribution in [1.82, 2.24) is 0 Å². The van der Waals surface area contributed by atoms with Crippen molar-refractivity contribution in [2.45, 2.75) is 23.7 Å². The van der Waals surface area contributed by atoms with Gasteiger partial charge in [0.25, 0.3) is 0 Å². The van der Waals surface area contributed by atoms with Gasteiger partial charge >= 0.3 is 6.18 Å². The maximum atomic E-state index is 13.0. The second-order valence-electron chi connectivity index (χ2n) is 3.43. The number of hydrogen-bond acceptors (Lipinski definition) is 1. The highest BCUT2D eigenvalue weighted by Crippen LogP contribution is 2.36. The van der Waals surface area contributed by atoms with Gasteiger partial charge in [0.15, 0.2) is 0 Å². The lowest BCUT2D eigenvalue weighted by molar-refractivity contribution is -0.137. The van der Waals surface area contributed by atoms with Crippen LogP contribution in [0.3, 0.4) is 0 Å². The average Bonchev–Trinajstić information content (AvgIpc) is 2.15. The van der Waals surface area contributed by atoms with Gasteiger partial charge in [0.1, 0.15) is 6.17 Å². The SMILES string of the molecule is FC1CSc2ccc(C(F)(F)F)cc2C1. The summed E-state index contributed by atoms with van der Waals surface area (Å²) in [6.07, 6.45) is -5.29. The van der Waals surface area contributed by atoms with Crippen LogP contribution in [0.5, 0.6) is 0 Å². The zero-order valence-corrected chi connectivity index (χ0v) is 8.46. The summed E-state index contributed by atoms with van der Waals surface area (Å²) in [5.74, 6) is 0.332. The quantitative estimate of drug-likeness (QED) is 0.619. The van der Waals surface area contributed by atoms with Gasteiger partial charge in [-0.05, 0) is 23.8 Å². The number of benzene rings is 1. The van der Waals surface area contributed by atoms with Crippen molar-refractivity contribution in [3.63, 3.8) is 0 Å². The fraction of sp³-hybridized carbons (Fsp3) is 0.400. The van der Waals surface area contributed by atoms with Crippen LogP contribution in [0.1, 0.15) is 11.1 Å². The molecule has 0 bridgehead atoms. The lowest BCUT2D eigenvalue weighted by Gasteiger charge is -2.19. The van der Waals surface area contributed by atoms with Gasteiger partial charge in [-0.25, -0.2) is 4.39 Å². The van der Waals surface area contributed by atoms with Gasteiger partial charge in [0.2, 0.25) is 0 Å². The molecule has 0 N–H and O–H groups in total. The van der Waals surface area contributed by atoms with Gasteiger partial charge in [-0.2, -0.15) is 13.2 Å². The number of hydrogen-bond donors (Lipinski definition) is 0. The summed E-state index contributed by atoms with van der Waals surface area (Å²) in [4.78, 5) is 0.761. The molecule has 1 aromatic carbocycles. The molecule has 1 unspecified atom stereocenters. The molecule has 15 heavy (non-hydrogen) atoms. The normalized spacial score (nSPS) is 21.2. The van der Waals surface area contributed by atoms with Crippen molar-refractivity contribution in [1.29, 1.82) is 0 Å². The highest BCUT2D eigenvalue weighted by atomic mass is 32.2. The minimum Gasteiger partial charge on any atom is -0.246 e. The second-order valence-corrected chi connectivity index (χ2v) is 4.49. The van der Waals surface area contributed by atoms with Gasteiger partial charge < -0.3 is 0 Å². The molecule has 0 aromatic heterocycles. The maximum absolute atomic E-state index is 13.0. The zero-order chi connectivity index (χ0) is 11.1. The highest BCUT2D eigenvalue weighted by molar-refractivity contribution is 7.99. The van der Waals surface area contributed by atoms with Crippen molar-refractivity contribution in [3.05, 3.63) is 29.3 Å². The van der Waals surface area contributed by atoms with Gasteiger partial charge in [-0.1, -0.05) is 0 Å². The van der Waals surface area contributed by atoms with E-state index in [9.17, 15) is 17.6 Å². The first-order valence-corrected chi connectivity index (χ1v) is 5.42. The Morgan fingerprint density at radius 1 is 1.27 bits per heavy atom. The standard InChI is InChI=1S/C10H8F4S/c11-8-4-6-3-7(10(12,13)14)1-2-9(6)15-5-8/h1-3,8H,4-5H2. The van der Waals surface area contributed by atoms with Gasteiger partial charge in [0.05, 0.1) is 5.56 Å². The van der Waals surface area contributed by atoms with Crippen molar-refractivity contribution in [3.8, 4) is 0 Å². The molecule has 0 amide bonds. The molecular formula is C10H8F4S. The van der Waals surface area contributed by atoms with Crippen molar-refractivity contribution in [2.24, 2.45) is 0 Å². The highest BCUT2D eigenvalue weighted by Gasteiger charge is 2.31. The first kappa shape index (κ1) is 10.8. The van der Waals surface area contributed by atoms with E-state index < -0.39 is 17.9 Å². The second kappa shape index (κ2) is 3.70. The predicted molar refractivity (Wildman–Crippen MR) is 50.8 cm³/mol. The molecule has 0 aliphatic carbocycles. The Labute approximate surface area is 88.7 Å². The number of thioether (sulfide) groups is 1. The minimum atomic E-state index is -4.34. The molecule has 82 valence electrons. The number of rotatable bonds is 0. The predicted octanol–water partition coefficient (Wildman–Crippen LogP) is 3.69. The Morgan fingerprint density at radius 3 is 2.67 bits per heavy atom. The topological polar surface area (TPSA) is 0 Å². The average molecular weight is 236 g/mol. The Morgan fingerprint density at radius 2 is 2.00 bits per heavy atom. The summed E-state index contributed by atoms with van der Waals surface area (Å²) in [6, 6.07) is 3.52. The van der Waals surface area contributed by atoms with Gasteiger partial charge in [-0.3, -0.25) is 0 Å². The molecule has 1 aliphatic heterocycles. The molecule has 0 saturated heterocycles. The van der Waals surface area contributed by atoms with Crippen LogP contribution in [0.2, 0.25) is 0 Å². The lowest BCUT2D eigenvalue weighted by atomic mass is 10.1. The lowest BCUT2D eigenvalue weighted by Crippen LogP contribution is -2.15. The molecule has 0 fully saturated rings. The van der Waals surface area contributed by atoms with Crippen LogP contribution < -0.4 is 0 Å². The molecule has 0 nitrogen and oxygen atoms in total. The summed E-state index contributed by atoms with van der Waals surface area (Å²) in [5.41, 5.74) is -0.232. The molecule has 0 radical (unpaired) electrons.